The third-order valence-electron chi connectivity index (χ3n) is 1.24. The molecule has 0 aliphatic heterocycles. The van der Waals surface area contributed by atoms with E-state index in [2.05, 4.69) is 4.98 Å². The molecule has 4 heteroatoms. The number of ketones is 1. The van der Waals surface area contributed by atoms with Gasteiger partial charge in [0.05, 0.1) is 6.54 Å². The normalized spacial score (nSPS) is 9.55. The number of Topliss-reactive ketones (excluding diaryl/α,β-unsaturated/α-hetero) is 1. The van der Waals surface area contributed by atoms with Crippen LogP contribution in [0.2, 0.25) is 0 Å². The molecule has 1 aromatic heterocycles. The highest BCUT2D eigenvalue weighted by Crippen LogP contribution is 2.11. The van der Waals surface area contributed by atoms with Crippen LogP contribution in [0.4, 0.5) is 0 Å². The van der Waals surface area contributed by atoms with Gasteiger partial charge in [0.25, 0.3) is 0 Å². The quantitative estimate of drug-likeness (QED) is 0.581. The van der Waals surface area contributed by atoms with Gasteiger partial charge in [-0.1, -0.05) is 0 Å². The molecule has 0 spiro atoms. The Labute approximate surface area is 63.7 Å². The first-order chi connectivity index (χ1) is 5.25. The smallest absolute Gasteiger partial charge is 0.198 e. The second-order valence-corrected chi connectivity index (χ2v) is 2.00. The number of rotatable bonds is 2. The predicted molar refractivity (Wildman–Crippen MR) is 39.3 cm³/mol. The first-order valence-corrected chi connectivity index (χ1v) is 3.13. The molecule has 0 radical (unpaired) electrons. The summed E-state index contributed by atoms with van der Waals surface area (Å²) < 4.78 is 0. The van der Waals surface area contributed by atoms with E-state index in [0.717, 1.165) is 0 Å². The molecule has 0 saturated carbocycles. The van der Waals surface area contributed by atoms with Gasteiger partial charge in [0.2, 0.25) is 0 Å². The van der Waals surface area contributed by atoms with E-state index in [1.54, 1.807) is 6.07 Å². The van der Waals surface area contributed by atoms with Crippen LogP contribution in [0.1, 0.15) is 10.5 Å². The molecule has 0 aliphatic rings. The fourth-order valence-electron chi connectivity index (χ4n) is 0.708. The van der Waals surface area contributed by atoms with E-state index < -0.39 is 0 Å². The van der Waals surface area contributed by atoms with Crippen molar-refractivity contribution in [3.8, 4) is 5.75 Å². The average molecular weight is 152 g/mol. The Kier molecular flexibility index (Phi) is 2.18. The highest BCUT2D eigenvalue weighted by atomic mass is 16.3. The molecule has 11 heavy (non-hydrogen) atoms. The van der Waals surface area contributed by atoms with Gasteiger partial charge in [-0.15, -0.1) is 0 Å². The summed E-state index contributed by atoms with van der Waals surface area (Å²) >= 11 is 0. The molecule has 1 heterocycles. The maximum absolute atomic E-state index is 10.9. The molecule has 1 rings (SSSR count). The minimum atomic E-state index is -0.358. The van der Waals surface area contributed by atoms with E-state index >= 15 is 0 Å². The van der Waals surface area contributed by atoms with Crippen molar-refractivity contribution in [2.45, 2.75) is 0 Å². The molecule has 0 unspecified atom stereocenters. The standard InChI is InChI=1S/C7H8N2O2/c8-4-6(11)7-5(10)2-1-3-9-7/h1-3,10H,4,8H2. The van der Waals surface area contributed by atoms with Gasteiger partial charge in [-0.3, -0.25) is 4.79 Å². The lowest BCUT2D eigenvalue weighted by Crippen LogP contribution is -2.14. The van der Waals surface area contributed by atoms with Gasteiger partial charge in [0.1, 0.15) is 11.4 Å². The Morgan fingerprint density at radius 1 is 1.73 bits per heavy atom. The highest BCUT2D eigenvalue weighted by Gasteiger charge is 2.08. The van der Waals surface area contributed by atoms with E-state index in [1.807, 2.05) is 0 Å². The number of nitrogens with two attached hydrogens (primary N) is 1. The Hall–Kier alpha value is -1.42. The summed E-state index contributed by atoms with van der Waals surface area (Å²) in [5.41, 5.74) is 5.11. The number of aromatic nitrogens is 1. The monoisotopic (exact) mass is 152 g/mol. The van der Waals surface area contributed by atoms with E-state index in [1.165, 1.54) is 12.3 Å². The predicted octanol–water partition coefficient (Wildman–Crippen LogP) is -0.0714. The zero-order chi connectivity index (χ0) is 8.27. The first-order valence-electron chi connectivity index (χ1n) is 3.13. The van der Waals surface area contributed by atoms with Crippen molar-refractivity contribution >= 4 is 5.78 Å². The van der Waals surface area contributed by atoms with Gasteiger partial charge in [0.15, 0.2) is 5.78 Å². The van der Waals surface area contributed by atoms with E-state index in [-0.39, 0.29) is 23.8 Å². The Morgan fingerprint density at radius 2 is 2.45 bits per heavy atom. The molecule has 0 amide bonds. The fourth-order valence-corrected chi connectivity index (χ4v) is 0.708. The molecular formula is C7H8N2O2. The lowest BCUT2D eigenvalue weighted by atomic mass is 10.2. The first kappa shape index (κ1) is 7.68. The molecular weight excluding hydrogens is 144 g/mol. The second-order valence-electron chi connectivity index (χ2n) is 2.00. The molecule has 3 N–H and O–H groups in total. The summed E-state index contributed by atoms with van der Waals surface area (Å²) in [5.74, 6) is -0.481. The number of carbonyl (C=O) groups excluding carboxylic acids is 1. The van der Waals surface area contributed by atoms with Gasteiger partial charge >= 0.3 is 0 Å². The fraction of sp³-hybridized carbons (Fsp3) is 0.143. The molecule has 0 aliphatic carbocycles. The number of hydrogen-bond donors (Lipinski definition) is 2. The topological polar surface area (TPSA) is 76.2 Å². The van der Waals surface area contributed by atoms with E-state index in [0.29, 0.717) is 0 Å². The van der Waals surface area contributed by atoms with Crippen molar-refractivity contribution in [2.75, 3.05) is 6.54 Å². The minimum absolute atomic E-state index is 0.0370. The molecule has 0 bridgehead atoms. The Balaban J connectivity index is 3.03. The number of aromatic hydroxyl groups is 1. The van der Waals surface area contributed by atoms with Gasteiger partial charge in [-0.25, -0.2) is 4.98 Å². The minimum Gasteiger partial charge on any atom is -0.506 e. The third kappa shape index (κ3) is 1.53. The van der Waals surface area contributed by atoms with Crippen molar-refractivity contribution in [2.24, 2.45) is 5.73 Å². The van der Waals surface area contributed by atoms with Gasteiger partial charge in [-0.05, 0) is 12.1 Å². The molecule has 0 fully saturated rings. The van der Waals surface area contributed by atoms with Crippen LogP contribution < -0.4 is 5.73 Å². The van der Waals surface area contributed by atoms with Crippen LogP contribution in [0.3, 0.4) is 0 Å². The zero-order valence-corrected chi connectivity index (χ0v) is 5.82. The van der Waals surface area contributed by atoms with E-state index in [9.17, 15) is 4.79 Å². The van der Waals surface area contributed by atoms with Crippen molar-refractivity contribution in [3.05, 3.63) is 24.0 Å². The van der Waals surface area contributed by atoms with Crippen LogP contribution in [0, 0.1) is 0 Å². The molecule has 4 nitrogen and oxygen atoms in total. The maximum Gasteiger partial charge on any atom is 0.198 e. The number of nitrogens with zero attached hydrogens (tertiary/aromatic N) is 1. The second kappa shape index (κ2) is 3.12. The van der Waals surface area contributed by atoms with Gasteiger partial charge in [0, 0.05) is 6.20 Å². The van der Waals surface area contributed by atoms with Gasteiger partial charge in [-0.2, -0.15) is 0 Å². The summed E-state index contributed by atoms with van der Waals surface area (Å²) in [5, 5.41) is 9.07. The largest absolute Gasteiger partial charge is 0.506 e. The molecule has 0 aromatic carbocycles. The summed E-state index contributed by atoms with van der Waals surface area (Å²) in [6, 6.07) is 2.94. The van der Waals surface area contributed by atoms with Crippen LogP contribution in [0.25, 0.3) is 0 Å². The molecule has 1 aromatic rings. The highest BCUT2D eigenvalue weighted by molar-refractivity contribution is 5.97. The summed E-state index contributed by atoms with van der Waals surface area (Å²) in [4.78, 5) is 14.6. The number of hydrogen-bond acceptors (Lipinski definition) is 4. The van der Waals surface area contributed by atoms with Crippen molar-refractivity contribution in [1.82, 2.24) is 4.98 Å². The molecule has 0 saturated heterocycles. The van der Waals surface area contributed by atoms with Crippen molar-refractivity contribution < 1.29 is 9.90 Å². The van der Waals surface area contributed by atoms with Crippen LogP contribution in [-0.4, -0.2) is 22.4 Å². The maximum atomic E-state index is 10.9. The van der Waals surface area contributed by atoms with Crippen LogP contribution in [-0.2, 0) is 0 Å². The Morgan fingerprint density at radius 3 is 3.00 bits per heavy atom. The summed E-state index contributed by atoms with van der Waals surface area (Å²) in [6.45, 7) is -0.134. The third-order valence-corrected chi connectivity index (χ3v) is 1.24. The van der Waals surface area contributed by atoms with E-state index in [4.69, 9.17) is 10.8 Å². The molecule has 58 valence electrons. The Bertz CT molecular complexity index is 273. The SMILES string of the molecule is NCC(=O)c1ncccc1O. The summed E-state index contributed by atoms with van der Waals surface area (Å²) in [6.07, 6.45) is 1.43. The van der Waals surface area contributed by atoms with Crippen LogP contribution >= 0.6 is 0 Å². The zero-order valence-electron chi connectivity index (χ0n) is 5.82. The summed E-state index contributed by atoms with van der Waals surface area (Å²) in [7, 11) is 0. The number of pyridine rings is 1. The lowest BCUT2D eigenvalue weighted by Gasteiger charge is -1.97. The van der Waals surface area contributed by atoms with Gasteiger partial charge < -0.3 is 10.8 Å². The molecule has 0 atom stereocenters. The van der Waals surface area contributed by atoms with Crippen LogP contribution in [0.5, 0.6) is 5.75 Å². The van der Waals surface area contributed by atoms with Crippen LogP contribution in [0.15, 0.2) is 18.3 Å². The number of carbonyl (C=O) groups is 1. The van der Waals surface area contributed by atoms with Crippen molar-refractivity contribution in [3.63, 3.8) is 0 Å². The van der Waals surface area contributed by atoms with Crippen molar-refractivity contribution in [1.29, 1.82) is 0 Å². The average Bonchev–Trinajstić information content (AvgIpc) is 2.04. The lowest BCUT2D eigenvalue weighted by molar-refractivity contribution is 0.0994.